The molecule has 0 bridgehead atoms. The Balaban J connectivity index is 0.00000180. The molecule has 2 nitrogen and oxygen atoms in total. The first-order valence-electron chi connectivity index (χ1n) is 6.96. The summed E-state index contributed by atoms with van der Waals surface area (Å²) in [6.07, 6.45) is 2.66. The number of likely N-dealkylation sites (tertiary alicyclic amines) is 1. The van der Waals surface area contributed by atoms with Gasteiger partial charge in [0.2, 0.25) is 0 Å². The van der Waals surface area contributed by atoms with E-state index in [0.29, 0.717) is 0 Å². The first-order chi connectivity index (χ1) is 8.79. The summed E-state index contributed by atoms with van der Waals surface area (Å²) in [6.45, 7) is 8.02. The topological polar surface area (TPSA) is 15.3 Å². The molecule has 1 aliphatic heterocycles. The Morgan fingerprint density at radius 3 is 2.58 bits per heavy atom. The van der Waals surface area contributed by atoms with Crippen LogP contribution in [0.4, 0.5) is 0 Å². The van der Waals surface area contributed by atoms with Gasteiger partial charge in [0, 0.05) is 11.0 Å². The maximum absolute atomic E-state index is 3.63. The van der Waals surface area contributed by atoms with Gasteiger partial charge in [0.1, 0.15) is 0 Å². The lowest BCUT2D eigenvalue weighted by Gasteiger charge is -2.32. The Hall–Kier alpha value is -0.0900. The third kappa shape index (κ3) is 5.42. The van der Waals surface area contributed by atoms with Crippen LogP contribution in [0.2, 0.25) is 0 Å². The van der Waals surface area contributed by atoms with Crippen LogP contribution in [0.1, 0.15) is 25.3 Å². The second-order valence-corrected chi connectivity index (χ2v) is 5.97. The summed E-state index contributed by atoms with van der Waals surface area (Å²) < 4.78 is 1.24. The lowest BCUT2D eigenvalue weighted by atomic mass is 9.96. The van der Waals surface area contributed by atoms with E-state index in [1.54, 1.807) is 0 Å². The summed E-state index contributed by atoms with van der Waals surface area (Å²) in [5.41, 5.74) is 1.41. The zero-order valence-electron chi connectivity index (χ0n) is 11.6. The molecule has 1 N–H and O–H groups in total. The number of piperidine rings is 1. The molecular formula is C15H24BrClN2. The maximum Gasteiger partial charge on any atom is 0.0244 e. The molecule has 108 valence electrons. The van der Waals surface area contributed by atoms with E-state index in [9.17, 15) is 0 Å². The van der Waals surface area contributed by atoms with E-state index in [0.717, 1.165) is 19.0 Å². The largest absolute Gasteiger partial charge is 0.317 e. The van der Waals surface area contributed by atoms with Crippen LogP contribution in [0.15, 0.2) is 28.7 Å². The lowest BCUT2D eigenvalue weighted by Crippen LogP contribution is -2.36. The van der Waals surface area contributed by atoms with Gasteiger partial charge < -0.3 is 5.32 Å². The van der Waals surface area contributed by atoms with Crippen LogP contribution in [0, 0.1) is 5.92 Å². The number of nitrogens with one attached hydrogen (secondary N) is 1. The predicted molar refractivity (Wildman–Crippen MR) is 87.9 cm³/mol. The van der Waals surface area contributed by atoms with Gasteiger partial charge in [-0.3, -0.25) is 4.90 Å². The van der Waals surface area contributed by atoms with Gasteiger partial charge in [-0.25, -0.2) is 0 Å². The first-order valence-corrected chi connectivity index (χ1v) is 7.75. The molecule has 0 saturated carbocycles. The van der Waals surface area contributed by atoms with Gasteiger partial charge >= 0.3 is 0 Å². The smallest absolute Gasteiger partial charge is 0.0244 e. The number of rotatable bonds is 5. The van der Waals surface area contributed by atoms with Gasteiger partial charge in [-0.2, -0.15) is 0 Å². The molecule has 0 atom stereocenters. The van der Waals surface area contributed by atoms with Crippen LogP contribution in [0.25, 0.3) is 0 Å². The highest BCUT2D eigenvalue weighted by Gasteiger charge is 2.19. The maximum atomic E-state index is 3.63. The van der Waals surface area contributed by atoms with E-state index in [1.165, 1.54) is 42.5 Å². The lowest BCUT2D eigenvalue weighted by molar-refractivity contribution is 0.175. The highest BCUT2D eigenvalue weighted by Crippen LogP contribution is 2.22. The quantitative estimate of drug-likeness (QED) is 0.874. The molecule has 1 aromatic rings. The molecule has 19 heavy (non-hydrogen) atoms. The minimum absolute atomic E-state index is 0. The summed E-state index contributed by atoms with van der Waals surface area (Å²) in [6, 6.07) is 8.55. The van der Waals surface area contributed by atoms with Crippen LogP contribution in [0.3, 0.4) is 0 Å². The molecule has 0 amide bonds. The Bertz CT molecular complexity index is 365. The van der Waals surface area contributed by atoms with Crippen molar-refractivity contribution in [2.75, 3.05) is 26.2 Å². The molecule has 2 rings (SSSR count). The SMILES string of the molecule is CCNCC1CCN(Cc2ccccc2Br)CC1.Cl. The van der Waals surface area contributed by atoms with Crippen molar-refractivity contribution in [1.29, 1.82) is 0 Å². The summed E-state index contributed by atoms with van der Waals surface area (Å²) in [5, 5.41) is 3.47. The van der Waals surface area contributed by atoms with Crippen LogP contribution in [0.5, 0.6) is 0 Å². The second-order valence-electron chi connectivity index (χ2n) is 5.12. The van der Waals surface area contributed by atoms with Crippen molar-refractivity contribution < 1.29 is 0 Å². The van der Waals surface area contributed by atoms with Gasteiger partial charge in [0.05, 0.1) is 0 Å². The molecule has 0 radical (unpaired) electrons. The van der Waals surface area contributed by atoms with Gasteiger partial charge in [0.15, 0.2) is 0 Å². The van der Waals surface area contributed by atoms with Gasteiger partial charge in [0.25, 0.3) is 0 Å². The molecule has 0 aromatic heterocycles. The van der Waals surface area contributed by atoms with E-state index < -0.39 is 0 Å². The fourth-order valence-electron chi connectivity index (χ4n) is 2.56. The van der Waals surface area contributed by atoms with Crippen molar-refractivity contribution in [3.8, 4) is 0 Å². The van der Waals surface area contributed by atoms with Crippen molar-refractivity contribution in [1.82, 2.24) is 10.2 Å². The fraction of sp³-hybridized carbons (Fsp3) is 0.600. The van der Waals surface area contributed by atoms with Crippen LogP contribution in [-0.4, -0.2) is 31.1 Å². The average molecular weight is 348 g/mol. The molecule has 1 fully saturated rings. The molecule has 1 heterocycles. The fourth-order valence-corrected chi connectivity index (χ4v) is 2.97. The normalized spacial score (nSPS) is 17.2. The minimum atomic E-state index is 0. The van der Waals surface area contributed by atoms with Crippen LogP contribution in [-0.2, 0) is 6.54 Å². The molecule has 1 aromatic carbocycles. The molecule has 0 aliphatic carbocycles. The summed E-state index contributed by atoms with van der Waals surface area (Å²) in [7, 11) is 0. The van der Waals surface area contributed by atoms with Crippen LogP contribution < -0.4 is 5.32 Å². The third-order valence-corrected chi connectivity index (χ3v) is 4.52. The Morgan fingerprint density at radius 2 is 1.95 bits per heavy atom. The first kappa shape index (κ1) is 17.0. The zero-order chi connectivity index (χ0) is 12.8. The Morgan fingerprint density at radius 1 is 1.26 bits per heavy atom. The summed E-state index contributed by atoms with van der Waals surface area (Å²) in [5.74, 6) is 0.875. The Kier molecular flexibility index (Phi) is 8.00. The minimum Gasteiger partial charge on any atom is -0.317 e. The zero-order valence-corrected chi connectivity index (χ0v) is 14.0. The van der Waals surface area contributed by atoms with Gasteiger partial charge in [-0.1, -0.05) is 41.1 Å². The van der Waals surface area contributed by atoms with Crippen molar-refractivity contribution in [3.05, 3.63) is 34.3 Å². The number of benzene rings is 1. The molecule has 1 aliphatic rings. The molecule has 0 unspecified atom stereocenters. The number of halogens is 2. The summed E-state index contributed by atoms with van der Waals surface area (Å²) in [4.78, 5) is 2.57. The standard InChI is InChI=1S/C15H23BrN2.ClH/c1-2-17-11-13-7-9-18(10-8-13)12-14-5-3-4-6-15(14)16;/h3-6,13,17H,2,7-12H2,1H3;1H. The molecule has 1 saturated heterocycles. The monoisotopic (exact) mass is 346 g/mol. The van der Waals surface area contributed by atoms with Crippen molar-refractivity contribution in [2.24, 2.45) is 5.92 Å². The highest BCUT2D eigenvalue weighted by molar-refractivity contribution is 9.10. The second kappa shape index (κ2) is 8.96. The predicted octanol–water partition coefficient (Wildman–Crippen LogP) is 3.69. The third-order valence-electron chi connectivity index (χ3n) is 3.74. The summed E-state index contributed by atoms with van der Waals surface area (Å²) >= 11 is 3.63. The van der Waals surface area contributed by atoms with Crippen molar-refractivity contribution in [2.45, 2.75) is 26.3 Å². The Labute approximate surface area is 131 Å². The number of hydrogen-bond donors (Lipinski definition) is 1. The highest BCUT2D eigenvalue weighted by atomic mass is 79.9. The van der Waals surface area contributed by atoms with Crippen molar-refractivity contribution in [3.63, 3.8) is 0 Å². The van der Waals surface area contributed by atoms with E-state index in [4.69, 9.17) is 0 Å². The van der Waals surface area contributed by atoms with Crippen molar-refractivity contribution >= 4 is 28.3 Å². The molecule has 4 heteroatoms. The van der Waals surface area contributed by atoms with Crippen LogP contribution >= 0.6 is 28.3 Å². The van der Waals surface area contributed by atoms with E-state index in [2.05, 4.69) is 57.3 Å². The molecule has 0 spiro atoms. The number of hydrogen-bond acceptors (Lipinski definition) is 2. The van der Waals surface area contributed by atoms with E-state index in [-0.39, 0.29) is 12.4 Å². The van der Waals surface area contributed by atoms with Gasteiger partial charge in [-0.15, -0.1) is 12.4 Å². The number of nitrogens with zero attached hydrogens (tertiary/aromatic N) is 1. The van der Waals surface area contributed by atoms with Gasteiger partial charge in [-0.05, 0) is 56.6 Å². The van der Waals surface area contributed by atoms with E-state index in [1.807, 2.05) is 0 Å². The average Bonchev–Trinajstić information content (AvgIpc) is 2.41. The van der Waals surface area contributed by atoms with E-state index >= 15 is 0 Å². The molecular weight excluding hydrogens is 324 g/mol.